The molecular formula is C24H33F13. The minimum Gasteiger partial charge on any atom is -0.199 e. The molecule has 0 amide bonds. The molecule has 0 aromatic heterocycles. The lowest BCUT2D eigenvalue weighted by atomic mass is 9.72. The molecule has 220 valence electrons. The Labute approximate surface area is 207 Å². The van der Waals surface area contributed by atoms with Crippen molar-refractivity contribution in [1.29, 1.82) is 0 Å². The summed E-state index contributed by atoms with van der Waals surface area (Å²) < 4.78 is 174. The zero-order valence-corrected chi connectivity index (χ0v) is 20.4. The third-order valence-corrected chi connectivity index (χ3v) is 8.23. The Morgan fingerprint density at radius 3 is 1.19 bits per heavy atom. The predicted octanol–water partition coefficient (Wildman–Crippen LogP) is 10.3. The van der Waals surface area contributed by atoms with E-state index in [0.717, 1.165) is 44.9 Å². The van der Waals surface area contributed by atoms with Crippen molar-refractivity contribution in [3.05, 3.63) is 0 Å². The minimum absolute atomic E-state index is 0.0944. The quantitative estimate of drug-likeness (QED) is 0.218. The van der Waals surface area contributed by atoms with Crippen molar-refractivity contribution in [3.8, 4) is 0 Å². The van der Waals surface area contributed by atoms with Crippen LogP contribution in [0, 0.1) is 23.7 Å². The molecule has 0 aromatic rings. The van der Waals surface area contributed by atoms with Gasteiger partial charge in [0, 0.05) is 5.92 Å². The Morgan fingerprint density at radius 1 is 0.459 bits per heavy atom. The van der Waals surface area contributed by atoms with Crippen molar-refractivity contribution >= 4 is 0 Å². The molecule has 0 N–H and O–H groups in total. The number of unbranched alkanes of at least 4 members (excludes halogenated alkanes) is 1. The molecule has 0 radical (unpaired) electrons. The van der Waals surface area contributed by atoms with E-state index < -0.39 is 54.5 Å². The van der Waals surface area contributed by atoms with Crippen molar-refractivity contribution < 1.29 is 57.1 Å². The maximum absolute atomic E-state index is 14.4. The van der Waals surface area contributed by atoms with Crippen LogP contribution in [0.5, 0.6) is 0 Å². The monoisotopic (exact) mass is 568 g/mol. The molecule has 2 saturated carbocycles. The lowest BCUT2D eigenvalue weighted by Gasteiger charge is -2.43. The van der Waals surface area contributed by atoms with E-state index in [1.807, 2.05) is 0 Å². The summed E-state index contributed by atoms with van der Waals surface area (Å²) in [4.78, 5) is 0. The van der Waals surface area contributed by atoms with Gasteiger partial charge in [-0.3, -0.25) is 0 Å². The van der Waals surface area contributed by atoms with Crippen LogP contribution < -0.4 is 0 Å². The fourth-order valence-electron chi connectivity index (χ4n) is 5.62. The van der Waals surface area contributed by atoms with Crippen LogP contribution in [0.25, 0.3) is 0 Å². The molecule has 0 heterocycles. The predicted molar refractivity (Wildman–Crippen MR) is 110 cm³/mol. The Bertz CT molecular complexity index is 713. The van der Waals surface area contributed by atoms with Gasteiger partial charge in [-0.2, -0.15) is 57.1 Å². The third-order valence-electron chi connectivity index (χ3n) is 8.23. The Balaban J connectivity index is 1.98. The number of hydrogen-bond donors (Lipinski definition) is 0. The molecule has 0 nitrogen and oxygen atoms in total. The normalized spacial score (nSPS) is 27.4. The van der Waals surface area contributed by atoms with E-state index in [9.17, 15) is 57.1 Å². The first-order valence-corrected chi connectivity index (χ1v) is 12.7. The molecule has 0 aromatic carbocycles. The lowest BCUT2D eigenvalue weighted by molar-refractivity contribution is -0.443. The summed E-state index contributed by atoms with van der Waals surface area (Å²) >= 11 is 0. The summed E-state index contributed by atoms with van der Waals surface area (Å²) in [6.45, 7) is 2.12. The van der Waals surface area contributed by atoms with Gasteiger partial charge in [0.25, 0.3) is 0 Å². The van der Waals surface area contributed by atoms with Crippen molar-refractivity contribution in [3.63, 3.8) is 0 Å². The van der Waals surface area contributed by atoms with E-state index in [2.05, 4.69) is 6.92 Å². The van der Waals surface area contributed by atoms with E-state index in [4.69, 9.17) is 0 Å². The zero-order chi connectivity index (χ0) is 28.5. The van der Waals surface area contributed by atoms with Crippen LogP contribution in [-0.2, 0) is 0 Å². The van der Waals surface area contributed by atoms with Crippen LogP contribution in [0.2, 0.25) is 0 Å². The van der Waals surface area contributed by atoms with Gasteiger partial charge in [0.2, 0.25) is 0 Å². The van der Waals surface area contributed by atoms with E-state index >= 15 is 0 Å². The first-order chi connectivity index (χ1) is 16.7. The van der Waals surface area contributed by atoms with Gasteiger partial charge >= 0.3 is 35.8 Å². The first kappa shape index (κ1) is 32.3. The van der Waals surface area contributed by atoms with Crippen molar-refractivity contribution in [2.45, 2.75) is 126 Å². The SMILES string of the molecule is CCCC[C@H]1CC[C@H](CC[C@H]2CC[C@H](C(F)(F)C(F)(F)C(F)(F)C(F)(F)C(F)(F)C(F)(F)F)CC2)CC1. The molecule has 0 saturated heterocycles. The standard InChI is InChI=1S/C24H33F13/c1-2-3-4-15-5-7-16(8-6-15)9-10-17-11-13-18(14-12-17)19(25,26)20(27,28)21(29,30)22(31,32)23(33,34)24(35,36)37/h15-18H,2-14H2,1H3/t15-,16-,17-,18-. The van der Waals surface area contributed by atoms with Crippen molar-refractivity contribution in [2.24, 2.45) is 23.7 Å². The maximum atomic E-state index is 14.4. The maximum Gasteiger partial charge on any atom is 0.460 e. The van der Waals surface area contributed by atoms with E-state index in [-0.39, 0.29) is 18.8 Å². The molecule has 0 bridgehead atoms. The van der Waals surface area contributed by atoms with Crippen LogP contribution in [0.4, 0.5) is 57.1 Å². The summed E-state index contributed by atoms with van der Waals surface area (Å²) in [5.74, 6) is -37.9. The largest absolute Gasteiger partial charge is 0.460 e. The average Bonchev–Trinajstić information content (AvgIpc) is 2.81. The van der Waals surface area contributed by atoms with Gasteiger partial charge in [0.1, 0.15) is 0 Å². The van der Waals surface area contributed by atoms with Gasteiger partial charge in [0.05, 0.1) is 0 Å². The second-order valence-electron chi connectivity index (χ2n) is 10.7. The summed E-state index contributed by atoms with van der Waals surface area (Å²) in [5, 5.41) is 0. The number of halogens is 13. The summed E-state index contributed by atoms with van der Waals surface area (Å²) in [6, 6.07) is 0. The Kier molecular flexibility index (Phi) is 9.86. The zero-order valence-electron chi connectivity index (χ0n) is 20.4. The van der Waals surface area contributed by atoms with Crippen LogP contribution in [0.1, 0.15) is 90.4 Å². The van der Waals surface area contributed by atoms with Crippen LogP contribution in [0.15, 0.2) is 0 Å². The summed E-state index contributed by atoms with van der Waals surface area (Å²) in [7, 11) is 0. The minimum atomic E-state index is -7.82. The highest BCUT2D eigenvalue weighted by Gasteiger charge is 2.91. The smallest absolute Gasteiger partial charge is 0.199 e. The second-order valence-corrected chi connectivity index (χ2v) is 10.7. The topological polar surface area (TPSA) is 0 Å². The van der Waals surface area contributed by atoms with Gasteiger partial charge in [-0.25, -0.2) is 0 Å². The molecule has 2 aliphatic rings. The molecule has 0 spiro atoms. The lowest BCUT2D eigenvalue weighted by Crippen LogP contribution is -2.71. The average molecular weight is 569 g/mol. The van der Waals surface area contributed by atoms with E-state index in [0.29, 0.717) is 18.3 Å². The summed E-state index contributed by atoms with van der Waals surface area (Å²) in [5.41, 5.74) is 0. The fourth-order valence-corrected chi connectivity index (χ4v) is 5.62. The van der Waals surface area contributed by atoms with Crippen LogP contribution >= 0.6 is 0 Å². The van der Waals surface area contributed by atoms with Crippen LogP contribution in [0.3, 0.4) is 0 Å². The highest BCUT2D eigenvalue weighted by molar-refractivity contribution is 5.11. The molecular weight excluding hydrogens is 535 g/mol. The van der Waals surface area contributed by atoms with Gasteiger partial charge in [0.15, 0.2) is 0 Å². The Hall–Kier alpha value is -0.910. The number of hydrogen-bond acceptors (Lipinski definition) is 0. The Morgan fingerprint density at radius 2 is 0.811 bits per heavy atom. The highest BCUT2D eigenvalue weighted by atomic mass is 19.4. The first-order valence-electron chi connectivity index (χ1n) is 12.7. The number of rotatable bonds is 11. The van der Waals surface area contributed by atoms with E-state index in [1.54, 1.807) is 0 Å². The second kappa shape index (κ2) is 11.3. The van der Waals surface area contributed by atoms with Gasteiger partial charge in [-0.1, -0.05) is 64.7 Å². The van der Waals surface area contributed by atoms with Gasteiger partial charge in [-0.05, 0) is 43.4 Å². The highest BCUT2D eigenvalue weighted by Crippen LogP contribution is 2.62. The molecule has 37 heavy (non-hydrogen) atoms. The van der Waals surface area contributed by atoms with E-state index in [1.165, 1.54) is 6.42 Å². The van der Waals surface area contributed by atoms with Crippen LogP contribution in [-0.4, -0.2) is 35.8 Å². The van der Waals surface area contributed by atoms with Gasteiger partial charge < -0.3 is 0 Å². The molecule has 2 fully saturated rings. The summed E-state index contributed by atoms with van der Waals surface area (Å²) in [6.07, 6.45) is -0.0818. The van der Waals surface area contributed by atoms with Crippen molar-refractivity contribution in [1.82, 2.24) is 0 Å². The fraction of sp³-hybridized carbons (Fsp3) is 1.00. The molecule has 0 aliphatic heterocycles. The molecule has 2 rings (SSSR count). The number of alkyl halides is 13. The van der Waals surface area contributed by atoms with Gasteiger partial charge in [-0.15, -0.1) is 0 Å². The molecule has 0 atom stereocenters. The molecule has 0 unspecified atom stereocenters. The molecule has 13 heteroatoms. The third kappa shape index (κ3) is 6.14. The molecule has 2 aliphatic carbocycles. The van der Waals surface area contributed by atoms with Crippen molar-refractivity contribution in [2.75, 3.05) is 0 Å².